The molecular formula is C11H12N4. The Hall–Kier alpha value is -1.97. The Morgan fingerprint density at radius 1 is 1.20 bits per heavy atom. The minimum atomic E-state index is 0.332. The van der Waals surface area contributed by atoms with Gasteiger partial charge in [-0.1, -0.05) is 0 Å². The molecule has 0 aliphatic carbocycles. The molecule has 0 radical (unpaired) electrons. The average molecular weight is 200 g/mol. The molecule has 2 rings (SSSR count). The van der Waals surface area contributed by atoms with Crippen LogP contribution in [0.5, 0.6) is 0 Å². The Morgan fingerprint density at radius 3 is 2.60 bits per heavy atom. The van der Waals surface area contributed by atoms with E-state index in [2.05, 4.69) is 15.0 Å². The highest BCUT2D eigenvalue weighted by Gasteiger charge is 2.00. The van der Waals surface area contributed by atoms with Gasteiger partial charge in [0.25, 0.3) is 0 Å². The maximum atomic E-state index is 5.58. The Balaban J connectivity index is 2.25. The van der Waals surface area contributed by atoms with Gasteiger partial charge in [-0.3, -0.25) is 4.98 Å². The normalized spacial score (nSPS) is 10.2. The van der Waals surface area contributed by atoms with Crippen LogP contribution in [0.25, 0.3) is 0 Å². The molecule has 0 fully saturated rings. The molecule has 4 heteroatoms. The molecule has 0 atom stereocenters. The topological polar surface area (TPSA) is 64.7 Å². The number of nitrogen functional groups attached to an aromatic ring is 1. The molecule has 0 saturated carbocycles. The van der Waals surface area contributed by atoms with Gasteiger partial charge in [0, 0.05) is 24.5 Å². The fourth-order valence-electron chi connectivity index (χ4n) is 1.46. The number of rotatable bonds is 2. The summed E-state index contributed by atoms with van der Waals surface area (Å²) in [5.41, 5.74) is 8.58. The molecule has 76 valence electrons. The maximum absolute atomic E-state index is 5.58. The van der Waals surface area contributed by atoms with E-state index in [0.29, 0.717) is 5.95 Å². The number of hydrogen-bond donors (Lipinski definition) is 1. The number of aryl methyl sites for hydroxylation is 1. The third kappa shape index (κ3) is 2.49. The van der Waals surface area contributed by atoms with Crippen molar-refractivity contribution in [3.63, 3.8) is 0 Å². The van der Waals surface area contributed by atoms with Crippen LogP contribution >= 0.6 is 0 Å². The highest BCUT2D eigenvalue weighted by atomic mass is 15.0. The first-order chi connectivity index (χ1) is 7.24. The first-order valence-electron chi connectivity index (χ1n) is 4.73. The molecule has 4 nitrogen and oxygen atoms in total. The summed E-state index contributed by atoms with van der Waals surface area (Å²) in [6.45, 7) is 1.91. The van der Waals surface area contributed by atoms with Crippen molar-refractivity contribution in [1.82, 2.24) is 15.0 Å². The molecule has 0 saturated heterocycles. The molecule has 15 heavy (non-hydrogen) atoms. The van der Waals surface area contributed by atoms with E-state index in [1.165, 1.54) is 5.56 Å². The smallest absolute Gasteiger partial charge is 0.220 e. The van der Waals surface area contributed by atoms with Crippen LogP contribution in [0.15, 0.2) is 30.6 Å². The molecule has 2 heterocycles. The van der Waals surface area contributed by atoms with Crippen molar-refractivity contribution < 1.29 is 0 Å². The average Bonchev–Trinajstić information content (AvgIpc) is 2.17. The van der Waals surface area contributed by atoms with Crippen molar-refractivity contribution in [2.75, 3.05) is 5.73 Å². The van der Waals surface area contributed by atoms with Crippen LogP contribution in [0.1, 0.15) is 17.0 Å². The second kappa shape index (κ2) is 4.04. The van der Waals surface area contributed by atoms with Gasteiger partial charge in [0.05, 0.1) is 5.69 Å². The minimum Gasteiger partial charge on any atom is -0.368 e. The Bertz CT molecular complexity index is 433. The van der Waals surface area contributed by atoms with Crippen molar-refractivity contribution in [1.29, 1.82) is 0 Å². The summed E-state index contributed by atoms with van der Waals surface area (Å²) >= 11 is 0. The lowest BCUT2D eigenvalue weighted by Gasteiger charge is -2.02. The Kier molecular flexibility index (Phi) is 2.58. The molecule has 0 unspecified atom stereocenters. The zero-order valence-electron chi connectivity index (χ0n) is 8.51. The summed E-state index contributed by atoms with van der Waals surface area (Å²) in [6.07, 6.45) is 4.30. The fraction of sp³-hybridized carbons (Fsp3) is 0.182. The van der Waals surface area contributed by atoms with Crippen LogP contribution in [0.2, 0.25) is 0 Å². The fourth-order valence-corrected chi connectivity index (χ4v) is 1.46. The number of nitrogens with two attached hydrogens (primary N) is 1. The lowest BCUT2D eigenvalue weighted by atomic mass is 10.1. The molecule has 0 aromatic carbocycles. The zero-order chi connectivity index (χ0) is 10.7. The number of aromatic nitrogens is 3. The van der Waals surface area contributed by atoms with Crippen molar-refractivity contribution in [3.05, 3.63) is 47.5 Å². The molecule has 0 amide bonds. The molecule has 0 spiro atoms. The van der Waals surface area contributed by atoms with E-state index in [0.717, 1.165) is 17.8 Å². The molecule has 0 aliphatic heterocycles. The van der Waals surface area contributed by atoms with E-state index in [4.69, 9.17) is 5.73 Å². The van der Waals surface area contributed by atoms with Gasteiger partial charge < -0.3 is 5.73 Å². The Morgan fingerprint density at radius 2 is 1.93 bits per heavy atom. The molecule has 0 bridgehead atoms. The summed E-state index contributed by atoms with van der Waals surface area (Å²) in [6, 6.07) is 5.87. The highest BCUT2D eigenvalue weighted by molar-refractivity contribution is 5.26. The summed E-state index contributed by atoms with van der Waals surface area (Å²) in [5, 5.41) is 0. The summed E-state index contributed by atoms with van der Waals surface area (Å²) in [4.78, 5) is 12.2. The van der Waals surface area contributed by atoms with Crippen molar-refractivity contribution in [3.8, 4) is 0 Å². The standard InChI is InChI=1S/C11H12N4/c1-8-6-10(15-11(12)14-8)7-9-2-4-13-5-3-9/h2-6H,7H2,1H3,(H2,12,14,15). The van der Waals surface area contributed by atoms with Gasteiger partial charge in [-0.15, -0.1) is 0 Å². The van der Waals surface area contributed by atoms with Crippen molar-refractivity contribution in [2.45, 2.75) is 13.3 Å². The van der Waals surface area contributed by atoms with Crippen LogP contribution in [0, 0.1) is 6.92 Å². The van der Waals surface area contributed by atoms with Crippen molar-refractivity contribution in [2.24, 2.45) is 0 Å². The van der Waals surface area contributed by atoms with E-state index in [1.807, 2.05) is 25.1 Å². The first kappa shape index (κ1) is 9.58. The number of nitrogens with zero attached hydrogens (tertiary/aromatic N) is 3. The Labute approximate surface area is 88.2 Å². The van der Waals surface area contributed by atoms with Crippen LogP contribution in [-0.2, 0) is 6.42 Å². The largest absolute Gasteiger partial charge is 0.368 e. The van der Waals surface area contributed by atoms with E-state index in [1.54, 1.807) is 12.4 Å². The number of pyridine rings is 1. The minimum absolute atomic E-state index is 0.332. The second-order valence-electron chi connectivity index (χ2n) is 3.39. The molecule has 2 aromatic rings. The molecule has 2 aromatic heterocycles. The SMILES string of the molecule is Cc1cc(Cc2ccncc2)nc(N)n1. The summed E-state index contributed by atoms with van der Waals surface area (Å²) in [7, 11) is 0. The second-order valence-corrected chi connectivity index (χ2v) is 3.39. The van der Waals surface area contributed by atoms with Gasteiger partial charge in [-0.2, -0.15) is 0 Å². The van der Waals surface area contributed by atoms with Crippen LogP contribution in [0.3, 0.4) is 0 Å². The van der Waals surface area contributed by atoms with E-state index in [9.17, 15) is 0 Å². The van der Waals surface area contributed by atoms with Gasteiger partial charge in [0.15, 0.2) is 0 Å². The quantitative estimate of drug-likeness (QED) is 0.794. The lowest BCUT2D eigenvalue weighted by Crippen LogP contribution is -2.01. The summed E-state index contributed by atoms with van der Waals surface area (Å²) in [5.74, 6) is 0.332. The molecular weight excluding hydrogens is 188 g/mol. The molecule has 0 aliphatic rings. The molecule has 2 N–H and O–H groups in total. The van der Waals surface area contributed by atoms with Gasteiger partial charge in [0.2, 0.25) is 5.95 Å². The maximum Gasteiger partial charge on any atom is 0.220 e. The van der Waals surface area contributed by atoms with Crippen LogP contribution in [-0.4, -0.2) is 15.0 Å². The van der Waals surface area contributed by atoms with Crippen LogP contribution < -0.4 is 5.73 Å². The van der Waals surface area contributed by atoms with Gasteiger partial charge in [-0.05, 0) is 30.7 Å². The van der Waals surface area contributed by atoms with Crippen LogP contribution in [0.4, 0.5) is 5.95 Å². The third-order valence-corrected chi connectivity index (χ3v) is 2.06. The monoisotopic (exact) mass is 200 g/mol. The number of hydrogen-bond acceptors (Lipinski definition) is 4. The van der Waals surface area contributed by atoms with Gasteiger partial charge in [0.1, 0.15) is 0 Å². The lowest BCUT2D eigenvalue weighted by molar-refractivity contribution is 1.01. The summed E-state index contributed by atoms with van der Waals surface area (Å²) < 4.78 is 0. The van der Waals surface area contributed by atoms with Gasteiger partial charge >= 0.3 is 0 Å². The predicted molar refractivity (Wildman–Crippen MR) is 58.2 cm³/mol. The van der Waals surface area contributed by atoms with E-state index < -0.39 is 0 Å². The highest BCUT2D eigenvalue weighted by Crippen LogP contribution is 2.08. The van der Waals surface area contributed by atoms with Crippen molar-refractivity contribution >= 4 is 5.95 Å². The predicted octanol–water partition coefficient (Wildman–Crippen LogP) is 1.35. The first-order valence-corrected chi connectivity index (χ1v) is 4.73. The number of anilines is 1. The van der Waals surface area contributed by atoms with Gasteiger partial charge in [-0.25, -0.2) is 9.97 Å². The van der Waals surface area contributed by atoms with E-state index >= 15 is 0 Å². The van der Waals surface area contributed by atoms with E-state index in [-0.39, 0.29) is 0 Å². The zero-order valence-corrected chi connectivity index (χ0v) is 8.51. The third-order valence-electron chi connectivity index (χ3n) is 2.06.